The van der Waals surface area contributed by atoms with Crippen molar-refractivity contribution in [3.8, 4) is 0 Å². The van der Waals surface area contributed by atoms with Crippen molar-refractivity contribution in [2.24, 2.45) is 59.2 Å². The Labute approximate surface area is 760 Å². The molecule has 14 heteroatoms. The van der Waals surface area contributed by atoms with E-state index in [1.54, 1.807) is 11.1 Å². The quantitative estimate of drug-likeness (QED) is 0.127. The van der Waals surface area contributed by atoms with Gasteiger partial charge in [-0.3, -0.25) is 34.6 Å². The summed E-state index contributed by atoms with van der Waals surface area (Å²) in [6.07, 6.45) is 63.4. The summed E-state index contributed by atoms with van der Waals surface area (Å²) in [5, 5.41) is 0. The van der Waals surface area contributed by atoms with E-state index in [9.17, 15) is 0 Å². The predicted octanol–water partition coefficient (Wildman–Crippen LogP) is 23.3. The Bertz CT molecular complexity index is 2970. The van der Waals surface area contributed by atoms with Crippen molar-refractivity contribution in [2.45, 2.75) is 356 Å². The fraction of sp³-hybridized carbons (Fsp3) is 0.807. The van der Waals surface area contributed by atoms with Crippen molar-refractivity contribution in [1.29, 1.82) is 0 Å². The van der Waals surface area contributed by atoms with Crippen molar-refractivity contribution >= 4 is 11.8 Å². The van der Waals surface area contributed by atoms with Gasteiger partial charge in [0.05, 0.1) is 5.69 Å². The number of thioether (sulfide) groups is 1. The predicted molar refractivity (Wildman–Crippen MR) is 526 cm³/mol. The lowest BCUT2D eigenvalue weighted by atomic mass is 9.88. The Hall–Kier alpha value is -3.38. The van der Waals surface area contributed by atoms with Crippen LogP contribution < -0.4 is 0 Å². The third kappa shape index (κ3) is 38.5. The number of hydrogen-bond acceptors (Lipinski definition) is 14. The summed E-state index contributed by atoms with van der Waals surface area (Å²) < 4.78 is 5.38. The third-order valence-corrected chi connectivity index (χ3v) is 33.2. The average Bonchev–Trinajstić information content (AvgIpc) is 1.68. The van der Waals surface area contributed by atoms with Crippen LogP contribution in [0.25, 0.3) is 0 Å². The maximum absolute atomic E-state index is 5.38. The van der Waals surface area contributed by atoms with Crippen LogP contribution in [0, 0.1) is 59.2 Å². The largest absolute Gasteiger partial charge is 0.381 e. The van der Waals surface area contributed by atoms with Gasteiger partial charge in [0, 0.05) is 101 Å². The summed E-state index contributed by atoms with van der Waals surface area (Å²) in [5.74, 6) is 12.4. The van der Waals surface area contributed by atoms with E-state index < -0.39 is 0 Å². The van der Waals surface area contributed by atoms with Crippen molar-refractivity contribution in [3.63, 3.8) is 0 Å². The number of aromatic nitrogens is 3. The number of rotatable bonds is 13. The first kappa shape index (κ1) is 100. The van der Waals surface area contributed by atoms with Gasteiger partial charge in [0.15, 0.2) is 0 Å². The zero-order valence-corrected chi connectivity index (χ0v) is 81.7. The van der Waals surface area contributed by atoms with Gasteiger partial charge in [-0.2, -0.15) is 11.8 Å². The van der Waals surface area contributed by atoms with Gasteiger partial charge >= 0.3 is 0 Å². The Morgan fingerprint density at radius 3 is 1.02 bits per heavy atom. The van der Waals surface area contributed by atoms with Crippen LogP contribution >= 0.6 is 11.8 Å². The molecule has 15 aliphatic rings. The smallest absolute Gasteiger partial charge is 0.0543 e. The van der Waals surface area contributed by atoms with Gasteiger partial charge in [-0.25, -0.2) is 0 Å². The zero-order valence-electron chi connectivity index (χ0n) is 80.8. The van der Waals surface area contributed by atoms with Gasteiger partial charge in [-0.05, 0) is 434 Å². The summed E-state index contributed by atoms with van der Waals surface area (Å²) in [7, 11) is 0. The molecular weight excluding hydrogens is 1530 g/mol. The number of nitrogens with zero attached hydrogens (tertiary/aromatic N) is 12. The molecule has 1 aromatic carbocycles. The van der Waals surface area contributed by atoms with E-state index in [0.717, 1.165) is 122 Å². The number of ether oxygens (including phenoxy) is 1. The van der Waals surface area contributed by atoms with Crippen LogP contribution in [0.1, 0.15) is 321 Å². The fourth-order valence-electron chi connectivity index (χ4n) is 22.4. The molecule has 11 aliphatic heterocycles. The number of likely N-dealkylation sites (tertiary alicyclic amines) is 9. The lowest BCUT2D eigenvalue weighted by molar-refractivity contribution is 0.0222. The minimum absolute atomic E-state index is 0.796. The standard InChI is InChI=1S/C15H21N.C13H25N.3C12H18N2.C12H23N.C11H21NO.C11H21NS.C11H21N/c1-12-6-8-16(9-7-12)15-10-13-4-2-3-5-14(13)11-15;1-12-7-9-14(10-8-12)11-13-5-3-2-4-6-13;1-11-4-8-14(9-5-11)10-12-2-6-13-7-3-12;1-11-4-7-14(8-5-11)10-12-3-2-6-13-9-12;1-11-5-8-14(9-6-11)10-12-4-2-3-7-13-12;1-11-7-9-13(10-8-11)12-5-3-2-4-6-12;2*1-10-2-6-12(7-3-10)11-4-8-13-9-5-11;1-10-6-8-12(9-7-10)11-4-2-3-5-11/h2-5,12,15H,6-11H2,1H3;12-13H,2-11H2,1H3;2-3,6-7,11H,4-5,8-10H2,1H3;2-3,6,9,11H,4-5,7-8,10H2,1H3;2-4,7,11H,5-6,8-10H2,1H3;11-12H,2-10H2,1H3;2*10-11H,2-9H2,1H3;10-11H,2-9H2,1H3. The van der Waals surface area contributed by atoms with Crippen LogP contribution in [0.4, 0.5) is 0 Å². The van der Waals surface area contributed by atoms with Gasteiger partial charge in [0.1, 0.15) is 0 Å². The summed E-state index contributed by atoms with van der Waals surface area (Å²) in [6.45, 7) is 51.7. The molecule has 0 amide bonds. The van der Waals surface area contributed by atoms with Crippen molar-refractivity contribution in [2.75, 3.05) is 149 Å². The highest BCUT2D eigenvalue weighted by atomic mass is 32.2. The number of fused-ring (bicyclic) bond motifs is 1. The molecule has 14 fully saturated rings. The monoisotopic (exact) mass is 1710 g/mol. The number of hydrogen-bond donors (Lipinski definition) is 0. The minimum atomic E-state index is 0.796. The van der Waals surface area contributed by atoms with Crippen molar-refractivity contribution < 1.29 is 4.74 Å². The second kappa shape index (κ2) is 57.7. The Balaban J connectivity index is 0.000000135. The third-order valence-electron chi connectivity index (χ3n) is 32.1. The Morgan fingerprint density at radius 2 is 0.626 bits per heavy atom. The van der Waals surface area contributed by atoms with Gasteiger partial charge < -0.3 is 29.2 Å². The average molecular weight is 1710 g/mol. The van der Waals surface area contributed by atoms with Gasteiger partial charge in [0.2, 0.25) is 0 Å². The van der Waals surface area contributed by atoms with Gasteiger partial charge in [0.25, 0.3) is 0 Å². The molecule has 0 N–H and O–H groups in total. The van der Waals surface area contributed by atoms with Crippen LogP contribution in [0.15, 0.2) is 97.7 Å². The van der Waals surface area contributed by atoms with Crippen LogP contribution in [0.5, 0.6) is 0 Å². The van der Waals surface area contributed by atoms with Crippen LogP contribution in [-0.2, 0) is 37.2 Å². The minimum Gasteiger partial charge on any atom is -0.381 e. The zero-order chi connectivity index (χ0) is 85.8. The molecule has 4 aromatic rings. The van der Waals surface area contributed by atoms with Crippen LogP contribution in [-0.4, -0.2) is 238 Å². The first-order chi connectivity index (χ1) is 60.1. The normalized spacial score (nSPS) is 25.2. The number of piperidine rings is 9. The molecule has 123 heavy (non-hydrogen) atoms. The Kier molecular flexibility index (Phi) is 47.0. The lowest BCUT2D eigenvalue weighted by Crippen LogP contribution is -2.43. The first-order valence-corrected chi connectivity index (χ1v) is 53.8. The van der Waals surface area contributed by atoms with Crippen molar-refractivity contribution in [1.82, 2.24) is 59.1 Å². The molecule has 13 nitrogen and oxygen atoms in total. The van der Waals surface area contributed by atoms with E-state index in [2.05, 4.69) is 188 Å². The Morgan fingerprint density at radius 1 is 0.285 bits per heavy atom. The van der Waals surface area contributed by atoms with Crippen molar-refractivity contribution in [3.05, 3.63) is 126 Å². The maximum Gasteiger partial charge on any atom is 0.0543 e. The summed E-state index contributed by atoms with van der Waals surface area (Å²) in [5.41, 5.74) is 7.09. The molecule has 0 atom stereocenters. The SMILES string of the molecule is CC1CCN(C2CCCC2)CC1.CC1CCN(C2CCCCC2)CC1.CC1CCN(C2CCOCC2)CC1.CC1CCN(C2CCSCC2)CC1.CC1CCN(C2Cc3ccccc3C2)CC1.CC1CCN(CC2CCCCC2)CC1.CC1CCN(Cc2ccccn2)CC1.CC1CCN(Cc2cccnc2)CC1.CC1CCN(Cc2ccncc2)CC1. The first-order valence-electron chi connectivity index (χ1n) is 52.6. The molecule has 694 valence electrons. The maximum atomic E-state index is 5.38. The molecule has 0 radical (unpaired) electrons. The van der Waals surface area contributed by atoms with E-state index in [0.29, 0.717) is 0 Å². The molecule has 19 rings (SSSR count). The molecule has 4 aliphatic carbocycles. The fourth-order valence-corrected chi connectivity index (χ4v) is 23.5. The molecule has 3 aromatic heterocycles. The summed E-state index contributed by atoms with van der Waals surface area (Å²) >= 11 is 2.14. The highest BCUT2D eigenvalue weighted by molar-refractivity contribution is 7.99. The number of pyridine rings is 3. The molecular formula is C109H186N12OS. The second-order valence-electron chi connectivity index (χ2n) is 42.7. The van der Waals surface area contributed by atoms with Gasteiger partial charge in [-0.1, -0.05) is 150 Å². The van der Waals surface area contributed by atoms with E-state index in [4.69, 9.17) is 4.74 Å². The summed E-state index contributed by atoms with van der Waals surface area (Å²) in [6, 6.07) is 28.0. The molecule has 3 saturated carbocycles. The molecule has 0 bridgehead atoms. The molecule has 11 saturated heterocycles. The molecule has 0 spiro atoms. The molecule has 0 unspecified atom stereocenters. The van der Waals surface area contributed by atoms with Crippen LogP contribution in [0.2, 0.25) is 0 Å². The topological polar surface area (TPSA) is 77.1 Å². The molecule has 14 heterocycles. The van der Waals surface area contributed by atoms with Crippen LogP contribution in [0.3, 0.4) is 0 Å². The second-order valence-corrected chi connectivity index (χ2v) is 44.0. The van der Waals surface area contributed by atoms with E-state index >= 15 is 0 Å². The number of benzene rings is 1. The van der Waals surface area contributed by atoms with E-state index in [1.165, 1.54) is 397 Å². The lowest BCUT2D eigenvalue weighted by Gasteiger charge is -2.38. The van der Waals surface area contributed by atoms with E-state index in [1.807, 2.05) is 43.1 Å². The summed E-state index contributed by atoms with van der Waals surface area (Å²) in [4.78, 5) is 36.5. The van der Waals surface area contributed by atoms with Gasteiger partial charge in [-0.15, -0.1) is 0 Å². The highest BCUT2D eigenvalue weighted by Gasteiger charge is 2.32. The highest BCUT2D eigenvalue weighted by Crippen LogP contribution is 2.34. The van der Waals surface area contributed by atoms with E-state index in [-0.39, 0.29) is 0 Å².